The number of rotatable bonds is 0. The van der Waals surface area contributed by atoms with Crippen LogP contribution >= 0.6 is 0 Å². The molecule has 6 rings (SSSR count). The van der Waals surface area contributed by atoms with Crippen molar-refractivity contribution in [1.29, 1.82) is 0 Å². The molecule has 3 nitrogen and oxygen atoms in total. The smallest absolute Gasteiger partial charge is 0.200 e. The van der Waals surface area contributed by atoms with E-state index >= 15 is 0 Å². The Morgan fingerprint density at radius 1 is 0.379 bits per heavy atom. The summed E-state index contributed by atoms with van der Waals surface area (Å²) in [5.41, 5.74) is 0. The molecule has 3 heteroatoms. The van der Waals surface area contributed by atoms with Gasteiger partial charge in [-0.05, 0) is 49.2 Å². The van der Waals surface area contributed by atoms with Crippen LogP contribution in [0.2, 0.25) is 0 Å². The lowest BCUT2D eigenvalue weighted by Crippen LogP contribution is -1.89. The molecule has 0 unspecified atom stereocenters. The fourth-order valence-corrected chi connectivity index (χ4v) is 4.73. The van der Waals surface area contributed by atoms with Gasteiger partial charge in [-0.3, -0.25) is 0 Å². The topological polar surface area (TPSA) is 60.7 Å². The van der Waals surface area contributed by atoms with Crippen LogP contribution in [0, 0.1) is 0 Å². The van der Waals surface area contributed by atoms with Crippen LogP contribution in [0.25, 0.3) is 53.9 Å². The first kappa shape index (κ1) is 16.0. The number of benzene rings is 6. The van der Waals surface area contributed by atoms with Gasteiger partial charge in [0.05, 0.1) is 0 Å². The minimum atomic E-state index is -0.494. The summed E-state index contributed by atoms with van der Waals surface area (Å²) in [6, 6.07) is 25.9. The van der Waals surface area contributed by atoms with Gasteiger partial charge in [-0.2, -0.15) is 0 Å². The Bertz CT molecular complexity index is 1630. The highest BCUT2D eigenvalue weighted by Gasteiger charge is 2.20. The van der Waals surface area contributed by atoms with Gasteiger partial charge >= 0.3 is 0 Å². The molecule has 0 fully saturated rings. The SMILES string of the molecule is Oc1cc2c3ccccc3c3c4ccccc4c4ccccc4c3c2c(O)c1O. The summed E-state index contributed by atoms with van der Waals surface area (Å²) in [4.78, 5) is 0. The van der Waals surface area contributed by atoms with Crippen molar-refractivity contribution < 1.29 is 15.3 Å². The van der Waals surface area contributed by atoms with E-state index in [9.17, 15) is 15.3 Å². The van der Waals surface area contributed by atoms with E-state index in [1.165, 1.54) is 6.07 Å². The van der Waals surface area contributed by atoms with Crippen LogP contribution in [0.3, 0.4) is 0 Å². The Morgan fingerprint density at radius 3 is 1.31 bits per heavy atom. The molecule has 0 saturated heterocycles. The maximum absolute atomic E-state index is 10.9. The van der Waals surface area contributed by atoms with Gasteiger partial charge in [0.1, 0.15) is 0 Å². The molecule has 0 heterocycles. The van der Waals surface area contributed by atoms with Crippen LogP contribution in [0.5, 0.6) is 17.2 Å². The third-order valence-corrected chi connectivity index (χ3v) is 5.92. The van der Waals surface area contributed by atoms with Crippen LogP contribution < -0.4 is 0 Å². The van der Waals surface area contributed by atoms with Crippen molar-refractivity contribution in [3.8, 4) is 17.2 Å². The summed E-state index contributed by atoms with van der Waals surface area (Å²) >= 11 is 0. The molecule has 6 aromatic rings. The fourth-order valence-electron chi connectivity index (χ4n) is 4.73. The van der Waals surface area contributed by atoms with Crippen molar-refractivity contribution in [3.05, 3.63) is 78.9 Å². The van der Waals surface area contributed by atoms with E-state index in [0.29, 0.717) is 10.8 Å². The van der Waals surface area contributed by atoms with Crippen LogP contribution in [0.4, 0.5) is 0 Å². The molecule has 0 aromatic heterocycles. The van der Waals surface area contributed by atoms with E-state index in [2.05, 4.69) is 24.3 Å². The summed E-state index contributed by atoms with van der Waals surface area (Å²) in [5.74, 6) is -1.12. The van der Waals surface area contributed by atoms with Gasteiger partial charge in [0.25, 0.3) is 0 Å². The Kier molecular flexibility index (Phi) is 3.05. The van der Waals surface area contributed by atoms with E-state index in [1.807, 2.05) is 48.5 Å². The number of aromatic hydroxyl groups is 3. The van der Waals surface area contributed by atoms with Gasteiger partial charge in [0, 0.05) is 10.8 Å². The van der Waals surface area contributed by atoms with Gasteiger partial charge in [-0.1, -0.05) is 72.8 Å². The van der Waals surface area contributed by atoms with E-state index < -0.39 is 5.75 Å². The van der Waals surface area contributed by atoms with Crippen molar-refractivity contribution in [2.75, 3.05) is 0 Å². The Hall–Kier alpha value is -3.98. The summed E-state index contributed by atoms with van der Waals surface area (Å²) in [6.07, 6.45) is 0. The van der Waals surface area contributed by atoms with Gasteiger partial charge in [-0.15, -0.1) is 0 Å². The molecule has 0 radical (unpaired) electrons. The number of phenolic OH excluding ortho intramolecular Hbond substituents is 3. The molecule has 0 spiro atoms. The maximum Gasteiger partial charge on any atom is 0.200 e. The maximum atomic E-state index is 10.9. The fraction of sp³-hybridized carbons (Fsp3) is 0. The molecule has 138 valence electrons. The highest BCUT2D eigenvalue weighted by atomic mass is 16.3. The predicted octanol–water partition coefficient (Wildman–Crippen LogP) is 6.57. The molecule has 0 aliphatic heterocycles. The van der Waals surface area contributed by atoms with Crippen molar-refractivity contribution in [3.63, 3.8) is 0 Å². The lowest BCUT2D eigenvalue weighted by molar-refractivity contribution is 0.371. The van der Waals surface area contributed by atoms with Gasteiger partial charge in [-0.25, -0.2) is 0 Å². The molecule has 0 atom stereocenters. The average Bonchev–Trinajstić information content (AvgIpc) is 2.77. The van der Waals surface area contributed by atoms with E-state index in [1.54, 1.807) is 0 Å². The summed E-state index contributed by atoms with van der Waals surface area (Å²) in [7, 11) is 0. The zero-order valence-corrected chi connectivity index (χ0v) is 15.3. The predicted molar refractivity (Wildman–Crippen MR) is 119 cm³/mol. The highest BCUT2D eigenvalue weighted by Crippen LogP contribution is 2.50. The van der Waals surface area contributed by atoms with Crippen LogP contribution in [-0.2, 0) is 0 Å². The summed E-state index contributed by atoms with van der Waals surface area (Å²) in [6.45, 7) is 0. The second-order valence-electron chi connectivity index (χ2n) is 7.40. The van der Waals surface area contributed by atoms with Crippen molar-refractivity contribution in [2.45, 2.75) is 0 Å². The first-order valence-electron chi connectivity index (χ1n) is 9.48. The summed E-state index contributed by atoms with van der Waals surface area (Å²) in [5, 5.41) is 40.9. The molecule has 0 aliphatic carbocycles. The number of hydrogen-bond donors (Lipinski definition) is 3. The van der Waals surface area contributed by atoms with Crippen LogP contribution in [-0.4, -0.2) is 15.3 Å². The second-order valence-corrected chi connectivity index (χ2v) is 7.40. The van der Waals surface area contributed by atoms with E-state index in [4.69, 9.17) is 0 Å². The standard InChI is InChI=1S/C26H16O3/c27-21-13-20-16-9-3-5-11-18(16)22-17-10-4-1-7-14(17)15-8-2-6-12-19(15)23(22)24(20)26(29)25(21)28/h1-13,27-29H. The molecular formula is C26H16O3. The Balaban J connectivity index is 2.14. The molecular weight excluding hydrogens is 360 g/mol. The van der Waals surface area contributed by atoms with E-state index in [-0.39, 0.29) is 11.5 Å². The van der Waals surface area contributed by atoms with Crippen molar-refractivity contribution in [2.24, 2.45) is 0 Å². The second kappa shape index (κ2) is 5.52. The molecule has 6 aromatic carbocycles. The number of fused-ring (bicyclic) bond motifs is 11. The largest absolute Gasteiger partial charge is 0.504 e. The lowest BCUT2D eigenvalue weighted by Gasteiger charge is -2.17. The zero-order chi connectivity index (χ0) is 19.7. The molecule has 0 saturated carbocycles. The van der Waals surface area contributed by atoms with Gasteiger partial charge in [0.2, 0.25) is 5.75 Å². The number of phenols is 3. The Labute approximate surface area is 165 Å². The number of hydrogen-bond acceptors (Lipinski definition) is 3. The van der Waals surface area contributed by atoms with E-state index in [0.717, 1.165) is 43.1 Å². The first-order chi connectivity index (χ1) is 14.2. The quantitative estimate of drug-likeness (QED) is 0.208. The molecule has 0 amide bonds. The van der Waals surface area contributed by atoms with Crippen molar-refractivity contribution in [1.82, 2.24) is 0 Å². The minimum absolute atomic E-state index is 0.295. The summed E-state index contributed by atoms with van der Waals surface area (Å²) < 4.78 is 0. The molecule has 0 aliphatic rings. The van der Waals surface area contributed by atoms with Gasteiger partial charge < -0.3 is 15.3 Å². The Morgan fingerprint density at radius 2 is 0.793 bits per heavy atom. The third kappa shape index (κ3) is 1.96. The lowest BCUT2D eigenvalue weighted by atomic mass is 9.87. The zero-order valence-electron chi connectivity index (χ0n) is 15.3. The minimum Gasteiger partial charge on any atom is -0.504 e. The monoisotopic (exact) mass is 376 g/mol. The van der Waals surface area contributed by atoms with Crippen LogP contribution in [0.1, 0.15) is 0 Å². The highest BCUT2D eigenvalue weighted by molar-refractivity contribution is 6.40. The third-order valence-electron chi connectivity index (χ3n) is 5.92. The van der Waals surface area contributed by atoms with Gasteiger partial charge in [0.15, 0.2) is 11.5 Å². The molecule has 3 N–H and O–H groups in total. The first-order valence-corrected chi connectivity index (χ1v) is 9.48. The molecule has 29 heavy (non-hydrogen) atoms. The van der Waals surface area contributed by atoms with Crippen molar-refractivity contribution >= 4 is 53.9 Å². The normalized spacial score (nSPS) is 11.9. The van der Waals surface area contributed by atoms with Crippen LogP contribution in [0.15, 0.2) is 78.9 Å². The molecule has 0 bridgehead atoms. The average molecular weight is 376 g/mol.